The van der Waals surface area contributed by atoms with Crippen LogP contribution in [0, 0.1) is 5.88 Å². The van der Waals surface area contributed by atoms with E-state index in [0.29, 0.717) is 6.61 Å². The molecule has 0 unspecified atom stereocenters. The van der Waals surface area contributed by atoms with Crippen LogP contribution in [0.4, 0.5) is 0 Å². The monoisotopic (exact) mass is 213 g/mol. The van der Waals surface area contributed by atoms with Crippen molar-refractivity contribution in [2.24, 2.45) is 0 Å². The fraction of sp³-hybridized carbons (Fsp3) is 0.600. The summed E-state index contributed by atoms with van der Waals surface area (Å²) in [7, 11) is 0. The van der Waals surface area contributed by atoms with E-state index in [1.165, 1.54) is 0 Å². The molecule has 0 saturated carbocycles. The molecule has 0 aromatic carbocycles. The zero-order chi connectivity index (χ0) is 7.11. The second-order valence-corrected chi connectivity index (χ2v) is 2.33. The minimum absolute atomic E-state index is 0.424. The lowest BCUT2D eigenvalue weighted by atomic mass is 10.5. The number of hydrogen-bond acceptors (Lipinski definition) is 2. The molecule has 0 atom stereocenters. The van der Waals surface area contributed by atoms with Crippen LogP contribution in [0.2, 0.25) is 0 Å². The van der Waals surface area contributed by atoms with Crippen LogP contribution < -0.4 is 0 Å². The van der Waals surface area contributed by atoms with Crippen molar-refractivity contribution in [1.29, 1.82) is 0 Å². The Labute approximate surface area is 67.6 Å². The SMILES string of the molecule is O=C([CH]Cl)OCCCBr. The molecule has 0 aliphatic carbocycles. The maximum absolute atomic E-state index is 10.3. The molecule has 0 N–H and O–H groups in total. The Kier molecular flexibility index (Phi) is 6.53. The lowest BCUT2D eigenvalue weighted by Gasteiger charge is -1.97. The van der Waals surface area contributed by atoms with Crippen LogP contribution in [0.15, 0.2) is 0 Å². The predicted octanol–water partition coefficient (Wildman–Crippen LogP) is 1.72. The largest absolute Gasteiger partial charge is 0.465 e. The van der Waals surface area contributed by atoms with E-state index in [4.69, 9.17) is 11.6 Å². The quantitative estimate of drug-likeness (QED) is 0.405. The van der Waals surface area contributed by atoms with Crippen LogP contribution in [0.1, 0.15) is 6.42 Å². The highest BCUT2D eigenvalue weighted by atomic mass is 79.9. The van der Waals surface area contributed by atoms with Crippen LogP contribution in [0.5, 0.6) is 0 Å². The molecule has 0 fully saturated rings. The van der Waals surface area contributed by atoms with E-state index in [1.807, 2.05) is 0 Å². The molecule has 9 heavy (non-hydrogen) atoms. The molecule has 4 heteroatoms. The van der Waals surface area contributed by atoms with Gasteiger partial charge >= 0.3 is 5.97 Å². The molecular formula is C5H7BrClO2. The summed E-state index contributed by atoms with van der Waals surface area (Å²) in [6.07, 6.45) is 0.816. The summed E-state index contributed by atoms with van der Waals surface area (Å²) in [5.41, 5.74) is 0. The molecule has 0 saturated heterocycles. The minimum Gasteiger partial charge on any atom is -0.465 e. The smallest absolute Gasteiger partial charge is 0.326 e. The van der Waals surface area contributed by atoms with Gasteiger partial charge in [-0.1, -0.05) is 15.9 Å². The fourth-order valence-electron chi connectivity index (χ4n) is 0.259. The van der Waals surface area contributed by atoms with Gasteiger partial charge in [-0.2, -0.15) is 0 Å². The summed E-state index contributed by atoms with van der Waals surface area (Å²) >= 11 is 8.21. The summed E-state index contributed by atoms with van der Waals surface area (Å²) < 4.78 is 4.58. The minimum atomic E-state index is -0.474. The summed E-state index contributed by atoms with van der Waals surface area (Å²) in [5, 5.41) is 0.836. The first kappa shape index (κ1) is 9.24. The van der Waals surface area contributed by atoms with Crippen molar-refractivity contribution in [2.75, 3.05) is 11.9 Å². The van der Waals surface area contributed by atoms with Crippen molar-refractivity contribution in [3.8, 4) is 0 Å². The van der Waals surface area contributed by atoms with Crippen molar-refractivity contribution < 1.29 is 9.53 Å². The highest BCUT2D eigenvalue weighted by molar-refractivity contribution is 9.09. The second-order valence-electron chi connectivity index (χ2n) is 1.32. The molecule has 0 aromatic rings. The number of halogens is 2. The topological polar surface area (TPSA) is 26.3 Å². The number of esters is 1. The van der Waals surface area contributed by atoms with Crippen LogP contribution >= 0.6 is 27.5 Å². The van der Waals surface area contributed by atoms with E-state index in [-0.39, 0.29) is 0 Å². The normalized spacial score (nSPS) is 9.11. The van der Waals surface area contributed by atoms with Crippen LogP contribution in [-0.4, -0.2) is 17.9 Å². The third-order valence-corrected chi connectivity index (χ3v) is 1.35. The van der Waals surface area contributed by atoms with Gasteiger partial charge in [-0.3, -0.25) is 4.79 Å². The van der Waals surface area contributed by atoms with Gasteiger partial charge in [-0.25, -0.2) is 0 Å². The number of carbonyl (C=O) groups is 1. The van der Waals surface area contributed by atoms with Crippen molar-refractivity contribution in [3.05, 3.63) is 5.88 Å². The van der Waals surface area contributed by atoms with E-state index in [2.05, 4.69) is 20.7 Å². The van der Waals surface area contributed by atoms with Crippen LogP contribution in [0.25, 0.3) is 0 Å². The van der Waals surface area contributed by atoms with E-state index in [1.54, 1.807) is 0 Å². The molecule has 0 amide bonds. The second kappa shape index (κ2) is 6.36. The molecule has 0 aromatic heterocycles. The van der Waals surface area contributed by atoms with Gasteiger partial charge in [0.25, 0.3) is 0 Å². The fourth-order valence-corrected chi connectivity index (χ4v) is 0.551. The first-order valence-electron chi connectivity index (χ1n) is 2.47. The van der Waals surface area contributed by atoms with Gasteiger partial charge in [0.1, 0.15) is 0 Å². The van der Waals surface area contributed by atoms with Gasteiger partial charge in [-0.05, 0) is 6.42 Å². The lowest BCUT2D eigenvalue weighted by molar-refractivity contribution is -0.138. The van der Waals surface area contributed by atoms with E-state index in [0.717, 1.165) is 17.6 Å². The maximum atomic E-state index is 10.3. The molecule has 0 heterocycles. The lowest BCUT2D eigenvalue weighted by Crippen LogP contribution is -2.03. The number of hydrogen-bond donors (Lipinski definition) is 0. The predicted molar refractivity (Wildman–Crippen MR) is 39.5 cm³/mol. The third kappa shape index (κ3) is 6.12. The van der Waals surface area contributed by atoms with Gasteiger partial charge in [0.05, 0.1) is 6.61 Å². The highest BCUT2D eigenvalue weighted by Crippen LogP contribution is 1.92. The first-order valence-corrected chi connectivity index (χ1v) is 4.03. The molecule has 0 bridgehead atoms. The number of carbonyl (C=O) groups excluding carboxylic acids is 1. The van der Waals surface area contributed by atoms with Gasteiger partial charge in [-0.15, -0.1) is 11.6 Å². The Hall–Kier alpha value is 0.240. The number of ether oxygens (including phenoxy) is 1. The van der Waals surface area contributed by atoms with Crippen molar-refractivity contribution >= 4 is 33.5 Å². The first-order chi connectivity index (χ1) is 4.31. The van der Waals surface area contributed by atoms with Gasteiger partial charge in [0.15, 0.2) is 5.88 Å². The third-order valence-electron chi connectivity index (χ3n) is 0.611. The summed E-state index contributed by atoms with van der Waals surface area (Å²) in [6, 6.07) is 0. The average molecular weight is 214 g/mol. The van der Waals surface area contributed by atoms with Gasteiger partial charge in [0, 0.05) is 5.33 Å². The summed E-state index contributed by atoms with van der Waals surface area (Å²) in [4.78, 5) is 10.3. The number of alkyl halides is 1. The molecule has 0 rings (SSSR count). The Morgan fingerprint density at radius 1 is 1.78 bits per heavy atom. The zero-order valence-corrected chi connectivity index (χ0v) is 7.11. The van der Waals surface area contributed by atoms with Crippen molar-refractivity contribution in [2.45, 2.75) is 6.42 Å². The Morgan fingerprint density at radius 2 is 2.44 bits per heavy atom. The van der Waals surface area contributed by atoms with Crippen LogP contribution in [0.3, 0.4) is 0 Å². The van der Waals surface area contributed by atoms with Gasteiger partial charge in [0.2, 0.25) is 0 Å². The molecule has 2 nitrogen and oxygen atoms in total. The number of rotatable bonds is 4. The molecule has 0 spiro atoms. The molecule has 0 aliphatic rings. The van der Waals surface area contributed by atoms with Gasteiger partial charge < -0.3 is 4.74 Å². The van der Waals surface area contributed by atoms with Crippen molar-refractivity contribution in [1.82, 2.24) is 0 Å². The average Bonchev–Trinajstić information content (AvgIpc) is 1.89. The standard InChI is InChI=1S/C5H7BrClO2/c6-2-1-3-9-5(8)4-7/h4H,1-3H2. The van der Waals surface area contributed by atoms with E-state index >= 15 is 0 Å². The van der Waals surface area contributed by atoms with Crippen LogP contribution in [-0.2, 0) is 9.53 Å². The van der Waals surface area contributed by atoms with Crippen molar-refractivity contribution in [3.63, 3.8) is 0 Å². The zero-order valence-electron chi connectivity index (χ0n) is 4.77. The maximum Gasteiger partial charge on any atom is 0.326 e. The van der Waals surface area contributed by atoms with E-state index in [9.17, 15) is 4.79 Å². The molecule has 0 aliphatic heterocycles. The highest BCUT2D eigenvalue weighted by Gasteiger charge is 1.97. The molecular weight excluding hydrogens is 207 g/mol. The Bertz CT molecular complexity index is 87.0. The van der Waals surface area contributed by atoms with E-state index < -0.39 is 5.97 Å². The summed E-state index contributed by atoms with van der Waals surface area (Å²) in [6.45, 7) is 0.424. The molecule has 53 valence electrons. The summed E-state index contributed by atoms with van der Waals surface area (Å²) in [5.74, 6) is 0.409. The Balaban J connectivity index is 2.97. The molecule has 1 radical (unpaired) electrons. The Morgan fingerprint density at radius 3 is 2.89 bits per heavy atom.